The van der Waals surface area contributed by atoms with Crippen molar-refractivity contribution in [1.29, 1.82) is 0 Å². The van der Waals surface area contributed by atoms with Crippen molar-refractivity contribution in [2.75, 3.05) is 13.7 Å². The average molecular weight is 332 g/mol. The van der Waals surface area contributed by atoms with Gasteiger partial charge in [0.2, 0.25) is 5.78 Å². The zero-order chi connectivity index (χ0) is 17.5. The number of aliphatic hydroxyl groups excluding tert-OH is 1. The molecule has 0 amide bonds. The maximum atomic E-state index is 14.1. The van der Waals surface area contributed by atoms with Crippen LogP contribution in [0.4, 0.5) is 10.1 Å². The molecule has 0 aliphatic carbocycles. The van der Waals surface area contributed by atoms with Crippen LogP contribution in [-0.2, 0) is 9.53 Å². The van der Waals surface area contributed by atoms with E-state index in [4.69, 9.17) is 4.74 Å². The molecule has 0 atom stereocenters. The number of nitrogens with zero attached hydrogens (tertiary/aromatic N) is 4. The van der Waals surface area contributed by atoms with Crippen LogP contribution in [0.2, 0.25) is 0 Å². The summed E-state index contributed by atoms with van der Waals surface area (Å²) in [6.07, 6.45) is 3.46. The van der Waals surface area contributed by atoms with Gasteiger partial charge in [-0.1, -0.05) is 6.92 Å². The molecule has 0 unspecified atom stereocenters. The summed E-state index contributed by atoms with van der Waals surface area (Å²) < 4.78 is 20.4. The monoisotopic (exact) mass is 332 g/mol. The van der Waals surface area contributed by atoms with Crippen LogP contribution in [0, 0.1) is 5.82 Å². The lowest BCUT2D eigenvalue weighted by Crippen LogP contribution is -2.10. The predicted molar refractivity (Wildman–Crippen MR) is 84.9 cm³/mol. The van der Waals surface area contributed by atoms with Gasteiger partial charge in [0.1, 0.15) is 18.1 Å². The van der Waals surface area contributed by atoms with E-state index in [-0.39, 0.29) is 30.2 Å². The van der Waals surface area contributed by atoms with Crippen LogP contribution < -0.4 is 0 Å². The summed E-state index contributed by atoms with van der Waals surface area (Å²) in [6.45, 7) is 1.41. The molecule has 1 aromatic carbocycles. The second-order valence-corrected chi connectivity index (χ2v) is 4.79. The molecule has 0 saturated carbocycles. The van der Waals surface area contributed by atoms with Crippen molar-refractivity contribution in [3.05, 3.63) is 53.9 Å². The number of rotatable bonds is 7. The third-order valence-corrected chi connectivity index (χ3v) is 3.11. The molecule has 2 aromatic rings. The number of allylic oxidation sites excluding steroid dienone is 1. The Morgan fingerprint density at radius 2 is 2.25 bits per heavy atom. The number of halogens is 1. The molecule has 126 valence electrons. The quantitative estimate of drug-likeness (QED) is 0.477. The summed E-state index contributed by atoms with van der Waals surface area (Å²) >= 11 is 0. The Bertz CT molecular complexity index is 770. The van der Waals surface area contributed by atoms with E-state index in [1.54, 1.807) is 31.5 Å². The highest BCUT2D eigenvalue weighted by molar-refractivity contribution is 5.96. The van der Waals surface area contributed by atoms with Crippen molar-refractivity contribution in [3.8, 4) is 5.69 Å². The molecule has 1 N–H and O–H groups in total. The number of benzene rings is 1. The lowest BCUT2D eigenvalue weighted by Gasteiger charge is -2.04. The van der Waals surface area contributed by atoms with E-state index in [9.17, 15) is 14.3 Å². The number of methoxy groups -OCH3 is 1. The van der Waals surface area contributed by atoms with Crippen LogP contribution in [0.3, 0.4) is 0 Å². The van der Waals surface area contributed by atoms with E-state index in [1.807, 2.05) is 0 Å². The zero-order valence-electron chi connectivity index (χ0n) is 13.3. The van der Waals surface area contributed by atoms with Gasteiger partial charge in [0.15, 0.2) is 11.5 Å². The van der Waals surface area contributed by atoms with Crippen LogP contribution in [0.1, 0.15) is 13.3 Å². The van der Waals surface area contributed by atoms with Crippen LogP contribution in [0.15, 0.2) is 58.3 Å². The highest BCUT2D eigenvalue weighted by atomic mass is 19.1. The van der Waals surface area contributed by atoms with Crippen molar-refractivity contribution >= 4 is 11.5 Å². The van der Waals surface area contributed by atoms with E-state index < -0.39 is 11.6 Å². The Morgan fingerprint density at radius 3 is 2.83 bits per heavy atom. The van der Waals surface area contributed by atoms with Gasteiger partial charge in [0, 0.05) is 32.0 Å². The highest BCUT2D eigenvalue weighted by Gasteiger charge is 2.14. The minimum Gasteiger partial charge on any atom is -0.510 e. The Hall–Kier alpha value is -2.87. The van der Waals surface area contributed by atoms with Crippen molar-refractivity contribution in [3.63, 3.8) is 0 Å². The molecule has 2 rings (SSSR count). The Morgan fingerprint density at radius 1 is 1.46 bits per heavy atom. The Balaban J connectivity index is 2.28. The van der Waals surface area contributed by atoms with Gasteiger partial charge in [-0.15, -0.1) is 10.2 Å². The van der Waals surface area contributed by atoms with Gasteiger partial charge in [0.05, 0.1) is 5.69 Å². The van der Waals surface area contributed by atoms with E-state index in [0.29, 0.717) is 5.69 Å². The van der Waals surface area contributed by atoms with Crippen LogP contribution >= 0.6 is 0 Å². The summed E-state index contributed by atoms with van der Waals surface area (Å²) in [4.78, 5) is 11.9. The van der Waals surface area contributed by atoms with E-state index in [2.05, 4.69) is 15.3 Å². The number of azo groups is 1. The van der Waals surface area contributed by atoms with Gasteiger partial charge in [-0.25, -0.2) is 9.07 Å². The van der Waals surface area contributed by atoms with Gasteiger partial charge in [-0.2, -0.15) is 5.10 Å². The zero-order valence-corrected chi connectivity index (χ0v) is 13.3. The predicted octanol–water partition coefficient (Wildman–Crippen LogP) is 3.49. The SMILES string of the molecule is CCC(O)=C(N=Nc1ccc(-n2cccn2)cc1F)C(=O)COC. The topological polar surface area (TPSA) is 89.1 Å². The number of ether oxygens (including phenoxy) is 1. The molecule has 0 aliphatic rings. The number of ketones is 1. The summed E-state index contributed by atoms with van der Waals surface area (Å²) in [6, 6.07) is 6.00. The molecule has 0 spiro atoms. The summed E-state index contributed by atoms with van der Waals surface area (Å²) in [7, 11) is 1.35. The smallest absolute Gasteiger partial charge is 0.212 e. The number of hydrogen-bond donors (Lipinski definition) is 1. The molecular weight excluding hydrogens is 315 g/mol. The van der Waals surface area contributed by atoms with E-state index in [1.165, 1.54) is 23.9 Å². The second kappa shape index (κ2) is 8.11. The molecular formula is C16H17FN4O3. The van der Waals surface area contributed by atoms with Gasteiger partial charge >= 0.3 is 0 Å². The van der Waals surface area contributed by atoms with Crippen molar-refractivity contribution in [2.24, 2.45) is 10.2 Å². The molecule has 0 radical (unpaired) electrons. The number of carbonyl (C=O) groups excluding carboxylic acids is 1. The molecule has 0 aliphatic heterocycles. The number of aliphatic hydroxyl groups is 1. The van der Waals surface area contributed by atoms with Crippen molar-refractivity contribution in [2.45, 2.75) is 13.3 Å². The third kappa shape index (κ3) is 4.11. The minimum atomic E-state index is -0.624. The first-order valence-electron chi connectivity index (χ1n) is 7.22. The molecule has 8 heteroatoms. The summed E-state index contributed by atoms with van der Waals surface area (Å²) in [5.74, 6) is -1.38. The maximum Gasteiger partial charge on any atom is 0.212 e. The molecule has 1 aromatic heterocycles. The fraction of sp³-hybridized carbons (Fsp3) is 0.250. The third-order valence-electron chi connectivity index (χ3n) is 3.11. The second-order valence-electron chi connectivity index (χ2n) is 4.79. The Labute approximate surface area is 138 Å². The standard InChI is InChI=1S/C16H17FN4O3/c1-3-14(22)16(15(23)10-24-2)20-19-13-6-5-11(9-12(13)17)21-8-4-7-18-21/h4-9,22H,3,10H2,1-2H3. The average Bonchev–Trinajstić information content (AvgIpc) is 3.10. The highest BCUT2D eigenvalue weighted by Crippen LogP contribution is 2.22. The summed E-state index contributed by atoms with van der Waals surface area (Å²) in [5.41, 5.74) is 0.228. The van der Waals surface area contributed by atoms with Crippen LogP contribution in [0.25, 0.3) is 5.69 Å². The number of carbonyl (C=O) groups is 1. The van der Waals surface area contributed by atoms with Crippen molar-refractivity contribution in [1.82, 2.24) is 9.78 Å². The lowest BCUT2D eigenvalue weighted by atomic mass is 10.2. The van der Waals surface area contributed by atoms with Gasteiger partial charge < -0.3 is 9.84 Å². The van der Waals surface area contributed by atoms with E-state index in [0.717, 1.165) is 0 Å². The van der Waals surface area contributed by atoms with Gasteiger partial charge in [-0.3, -0.25) is 4.79 Å². The molecule has 0 bridgehead atoms. The maximum absolute atomic E-state index is 14.1. The van der Waals surface area contributed by atoms with Crippen LogP contribution in [-0.4, -0.2) is 34.4 Å². The molecule has 0 saturated heterocycles. The van der Waals surface area contributed by atoms with Gasteiger partial charge in [0.25, 0.3) is 0 Å². The molecule has 0 fully saturated rings. The first-order valence-corrected chi connectivity index (χ1v) is 7.22. The molecule has 1 heterocycles. The van der Waals surface area contributed by atoms with Crippen LogP contribution in [0.5, 0.6) is 0 Å². The first-order chi connectivity index (χ1) is 11.6. The first kappa shape index (κ1) is 17.5. The number of aromatic nitrogens is 2. The lowest BCUT2D eigenvalue weighted by molar-refractivity contribution is -0.119. The molecule has 7 nitrogen and oxygen atoms in total. The fourth-order valence-corrected chi connectivity index (χ4v) is 1.89. The minimum absolute atomic E-state index is 0.0578. The summed E-state index contributed by atoms with van der Waals surface area (Å²) in [5, 5.41) is 21.2. The number of hydrogen-bond acceptors (Lipinski definition) is 6. The van der Waals surface area contributed by atoms with E-state index >= 15 is 0 Å². The largest absolute Gasteiger partial charge is 0.510 e. The number of Topliss-reactive ketones (excluding diaryl/α,β-unsaturated/α-hetero) is 1. The molecule has 24 heavy (non-hydrogen) atoms. The normalized spacial score (nSPS) is 12.5. The Kier molecular flexibility index (Phi) is 5.91. The van der Waals surface area contributed by atoms with Crippen molar-refractivity contribution < 1.29 is 19.0 Å². The fourth-order valence-electron chi connectivity index (χ4n) is 1.89. The van der Waals surface area contributed by atoms with Gasteiger partial charge in [-0.05, 0) is 18.2 Å².